The van der Waals surface area contributed by atoms with Gasteiger partial charge in [0.15, 0.2) is 6.61 Å². The third kappa shape index (κ3) is 8.39. The van der Waals surface area contributed by atoms with Crippen molar-refractivity contribution in [3.05, 3.63) is 47.8 Å². The lowest BCUT2D eigenvalue weighted by Gasteiger charge is -2.19. The molecular formula is C25H29F3N4O7S. The Balaban J connectivity index is 1.75. The quantitative estimate of drug-likeness (QED) is 0.228. The van der Waals surface area contributed by atoms with Crippen molar-refractivity contribution in [3.63, 3.8) is 0 Å². The molecule has 0 saturated heterocycles. The summed E-state index contributed by atoms with van der Waals surface area (Å²) >= 11 is 0. The van der Waals surface area contributed by atoms with Crippen LogP contribution in [0, 0.1) is 6.92 Å². The first-order valence-corrected chi connectivity index (χ1v) is 13.5. The van der Waals surface area contributed by atoms with E-state index in [9.17, 15) is 27.0 Å². The van der Waals surface area contributed by atoms with Crippen LogP contribution in [-0.2, 0) is 30.8 Å². The van der Waals surface area contributed by atoms with Crippen LogP contribution in [0.2, 0.25) is 0 Å². The molecule has 0 unspecified atom stereocenters. The van der Waals surface area contributed by atoms with Crippen molar-refractivity contribution in [2.75, 3.05) is 46.6 Å². The number of nitrogens with zero attached hydrogens (tertiary/aromatic N) is 4. The molecule has 3 rings (SSSR count). The summed E-state index contributed by atoms with van der Waals surface area (Å²) < 4.78 is 72.3. The molecule has 0 spiro atoms. The number of benzene rings is 1. The molecule has 0 saturated carbocycles. The number of alkyl halides is 3. The molecule has 0 N–H and O–H groups in total. The molecule has 1 atom stereocenters. The SMILES string of the molecule is CCOCCOC(=O)OCCN(C)C(=O)n1c([S@@](=O)Cc2nccc(OCC(F)(F)F)c2C)nc2ccccc21. The molecule has 1 amide bonds. The summed E-state index contributed by atoms with van der Waals surface area (Å²) in [5.41, 5.74) is 1.32. The lowest BCUT2D eigenvalue weighted by atomic mass is 10.2. The van der Waals surface area contributed by atoms with Crippen molar-refractivity contribution < 1.29 is 45.9 Å². The van der Waals surface area contributed by atoms with Crippen LogP contribution in [0.1, 0.15) is 18.2 Å². The Morgan fingerprint density at radius 2 is 1.82 bits per heavy atom. The van der Waals surface area contributed by atoms with E-state index in [0.29, 0.717) is 17.6 Å². The van der Waals surface area contributed by atoms with Gasteiger partial charge in [0.25, 0.3) is 0 Å². The van der Waals surface area contributed by atoms with Gasteiger partial charge in [-0.1, -0.05) is 12.1 Å². The van der Waals surface area contributed by atoms with E-state index >= 15 is 0 Å². The summed E-state index contributed by atoms with van der Waals surface area (Å²) in [5.74, 6) is -0.272. The van der Waals surface area contributed by atoms with Gasteiger partial charge in [-0.2, -0.15) is 13.2 Å². The van der Waals surface area contributed by atoms with E-state index in [0.717, 1.165) is 0 Å². The van der Waals surface area contributed by atoms with Gasteiger partial charge in [0.05, 0.1) is 46.4 Å². The van der Waals surface area contributed by atoms with Gasteiger partial charge in [-0.15, -0.1) is 0 Å². The Morgan fingerprint density at radius 3 is 2.55 bits per heavy atom. The van der Waals surface area contributed by atoms with Gasteiger partial charge in [0.2, 0.25) is 5.16 Å². The van der Waals surface area contributed by atoms with Gasteiger partial charge in [-0.05, 0) is 32.0 Å². The van der Waals surface area contributed by atoms with Crippen LogP contribution >= 0.6 is 0 Å². The molecule has 3 aromatic rings. The normalized spacial score (nSPS) is 12.2. The van der Waals surface area contributed by atoms with E-state index < -0.39 is 35.8 Å². The molecule has 1 aromatic carbocycles. The summed E-state index contributed by atoms with van der Waals surface area (Å²) in [7, 11) is -0.454. The highest BCUT2D eigenvalue weighted by atomic mass is 32.2. The number of imidazole rings is 1. The van der Waals surface area contributed by atoms with Crippen molar-refractivity contribution >= 4 is 34.0 Å². The molecule has 0 radical (unpaired) electrons. The van der Waals surface area contributed by atoms with Gasteiger partial charge in [-0.3, -0.25) is 9.19 Å². The maximum Gasteiger partial charge on any atom is 0.508 e. The summed E-state index contributed by atoms with van der Waals surface area (Å²) in [4.78, 5) is 34.9. The molecule has 0 fully saturated rings. The molecular weight excluding hydrogens is 557 g/mol. The van der Waals surface area contributed by atoms with Crippen molar-refractivity contribution in [1.82, 2.24) is 19.4 Å². The number of hydrogen-bond donors (Lipinski definition) is 0. The summed E-state index contributed by atoms with van der Waals surface area (Å²) in [6.45, 7) is 2.43. The number of rotatable bonds is 12. The molecule has 218 valence electrons. The number of hydrogen-bond acceptors (Lipinski definition) is 9. The molecule has 15 heteroatoms. The van der Waals surface area contributed by atoms with E-state index in [2.05, 4.69) is 9.97 Å². The van der Waals surface area contributed by atoms with Crippen molar-refractivity contribution in [3.8, 4) is 5.75 Å². The predicted octanol–water partition coefficient (Wildman–Crippen LogP) is 4.08. The minimum absolute atomic E-state index is 0.00275. The first-order valence-electron chi connectivity index (χ1n) is 12.1. The fourth-order valence-corrected chi connectivity index (χ4v) is 4.70. The van der Waals surface area contributed by atoms with Crippen LogP contribution < -0.4 is 4.74 Å². The number of carbonyl (C=O) groups excluding carboxylic acids is 2. The molecule has 2 heterocycles. The zero-order chi connectivity index (χ0) is 29.3. The van der Waals surface area contributed by atoms with Crippen LogP contribution in [0.25, 0.3) is 11.0 Å². The van der Waals surface area contributed by atoms with E-state index in [-0.39, 0.29) is 54.3 Å². The zero-order valence-electron chi connectivity index (χ0n) is 22.1. The second-order valence-corrected chi connectivity index (χ2v) is 9.69. The van der Waals surface area contributed by atoms with Gasteiger partial charge in [-0.25, -0.2) is 19.1 Å². The Labute approximate surface area is 230 Å². The minimum atomic E-state index is -4.52. The average Bonchev–Trinajstić information content (AvgIpc) is 3.30. The third-order valence-corrected chi connectivity index (χ3v) is 6.68. The lowest BCUT2D eigenvalue weighted by Crippen LogP contribution is -2.35. The Morgan fingerprint density at radius 1 is 1.10 bits per heavy atom. The Hall–Kier alpha value is -3.72. The lowest BCUT2D eigenvalue weighted by molar-refractivity contribution is -0.153. The second-order valence-electron chi connectivity index (χ2n) is 8.34. The topological polar surface area (TPSA) is 122 Å². The number of carbonyl (C=O) groups is 2. The largest absolute Gasteiger partial charge is 0.508 e. The van der Waals surface area contributed by atoms with Gasteiger partial charge < -0.3 is 23.8 Å². The van der Waals surface area contributed by atoms with Crippen LogP contribution in [0.3, 0.4) is 0 Å². The number of halogens is 3. The Kier molecular flexibility index (Phi) is 10.8. The third-order valence-electron chi connectivity index (χ3n) is 5.47. The molecule has 2 aromatic heterocycles. The fourth-order valence-electron chi connectivity index (χ4n) is 3.45. The zero-order valence-corrected chi connectivity index (χ0v) is 22.9. The van der Waals surface area contributed by atoms with Gasteiger partial charge in [0, 0.05) is 25.4 Å². The average molecular weight is 587 g/mol. The molecule has 0 bridgehead atoms. The van der Waals surface area contributed by atoms with Gasteiger partial charge >= 0.3 is 18.4 Å². The van der Waals surface area contributed by atoms with Crippen LogP contribution in [0.15, 0.2) is 41.7 Å². The predicted molar refractivity (Wildman–Crippen MR) is 138 cm³/mol. The summed E-state index contributed by atoms with van der Waals surface area (Å²) in [6, 6.07) is 7.38. The van der Waals surface area contributed by atoms with Crippen molar-refractivity contribution in [1.29, 1.82) is 0 Å². The number of ether oxygens (including phenoxy) is 4. The highest BCUT2D eigenvalue weighted by molar-refractivity contribution is 7.84. The smallest absolute Gasteiger partial charge is 0.484 e. The number of fused-ring (bicyclic) bond motifs is 1. The second kappa shape index (κ2) is 14.1. The van der Waals surface area contributed by atoms with Crippen LogP contribution in [0.5, 0.6) is 5.75 Å². The fraction of sp³-hybridized carbons (Fsp3) is 0.440. The first-order chi connectivity index (χ1) is 19.0. The van der Waals surface area contributed by atoms with E-state index in [1.807, 2.05) is 6.92 Å². The molecule has 0 aliphatic rings. The van der Waals surface area contributed by atoms with E-state index in [4.69, 9.17) is 18.9 Å². The molecule has 40 heavy (non-hydrogen) atoms. The number of likely N-dealkylation sites (N-methyl/N-ethyl adjacent to an activating group) is 1. The Bertz CT molecular complexity index is 1350. The summed E-state index contributed by atoms with van der Waals surface area (Å²) in [6.07, 6.45) is -4.17. The number of aromatic nitrogens is 3. The maximum atomic E-state index is 13.5. The number of pyridine rings is 1. The van der Waals surface area contributed by atoms with Gasteiger partial charge in [0.1, 0.15) is 19.0 Å². The number of amides is 1. The monoisotopic (exact) mass is 586 g/mol. The van der Waals surface area contributed by atoms with Crippen molar-refractivity contribution in [2.24, 2.45) is 0 Å². The minimum Gasteiger partial charge on any atom is -0.484 e. The standard InChI is InChI=1S/C25H29F3N4O7S/c1-4-36-13-14-38-24(34)37-12-11-31(3)23(33)32-20-8-6-5-7-18(20)30-22(32)40(35)15-19-17(2)21(9-10-29-19)39-16-25(26,27)28/h5-10H,4,11-16H2,1-3H3/t40-/m0/s1. The van der Waals surface area contributed by atoms with E-state index in [1.54, 1.807) is 24.3 Å². The molecule has 0 aliphatic heterocycles. The number of para-hydroxylation sites is 2. The van der Waals surface area contributed by atoms with E-state index in [1.165, 1.54) is 35.7 Å². The van der Waals surface area contributed by atoms with Crippen LogP contribution in [0.4, 0.5) is 22.8 Å². The van der Waals surface area contributed by atoms with Crippen molar-refractivity contribution in [2.45, 2.75) is 30.9 Å². The highest BCUT2D eigenvalue weighted by Gasteiger charge is 2.29. The maximum absolute atomic E-state index is 13.5. The summed E-state index contributed by atoms with van der Waals surface area (Å²) in [5, 5.41) is -0.0721. The highest BCUT2D eigenvalue weighted by Crippen LogP contribution is 2.26. The first kappa shape index (κ1) is 30.8. The molecule has 11 nitrogen and oxygen atoms in total. The molecule has 0 aliphatic carbocycles. The van der Waals surface area contributed by atoms with Crippen LogP contribution in [-0.4, -0.2) is 88.6 Å².